The van der Waals surface area contributed by atoms with E-state index in [9.17, 15) is 0 Å². The van der Waals surface area contributed by atoms with Crippen molar-refractivity contribution in [2.75, 3.05) is 31.5 Å². The SMILES string of the molecule is CCN(CC)CCNc1ncccc1CN. The summed E-state index contributed by atoms with van der Waals surface area (Å²) in [6.07, 6.45) is 1.79. The van der Waals surface area contributed by atoms with Crippen molar-refractivity contribution in [3.05, 3.63) is 23.9 Å². The molecule has 3 N–H and O–H groups in total. The number of hydrogen-bond acceptors (Lipinski definition) is 4. The van der Waals surface area contributed by atoms with E-state index in [1.54, 1.807) is 6.20 Å². The molecule has 0 amide bonds. The molecule has 16 heavy (non-hydrogen) atoms. The monoisotopic (exact) mass is 222 g/mol. The van der Waals surface area contributed by atoms with E-state index in [0.717, 1.165) is 37.6 Å². The second-order valence-electron chi connectivity index (χ2n) is 3.67. The average molecular weight is 222 g/mol. The van der Waals surface area contributed by atoms with Crippen molar-refractivity contribution in [2.24, 2.45) is 5.73 Å². The summed E-state index contributed by atoms with van der Waals surface area (Å²) in [6, 6.07) is 3.92. The van der Waals surface area contributed by atoms with E-state index in [4.69, 9.17) is 5.73 Å². The summed E-state index contributed by atoms with van der Waals surface area (Å²) in [5, 5.41) is 3.33. The lowest BCUT2D eigenvalue weighted by Gasteiger charge is -2.18. The molecule has 90 valence electrons. The Balaban J connectivity index is 2.42. The number of hydrogen-bond donors (Lipinski definition) is 2. The first-order valence-electron chi connectivity index (χ1n) is 5.92. The zero-order valence-corrected chi connectivity index (χ0v) is 10.2. The van der Waals surface area contributed by atoms with Crippen molar-refractivity contribution in [1.29, 1.82) is 0 Å². The van der Waals surface area contributed by atoms with Crippen LogP contribution in [0.25, 0.3) is 0 Å². The summed E-state index contributed by atoms with van der Waals surface area (Å²) in [7, 11) is 0. The van der Waals surface area contributed by atoms with E-state index in [1.807, 2.05) is 12.1 Å². The molecule has 1 aromatic heterocycles. The van der Waals surface area contributed by atoms with Gasteiger partial charge in [-0.1, -0.05) is 19.9 Å². The number of rotatable bonds is 7. The molecule has 4 nitrogen and oxygen atoms in total. The van der Waals surface area contributed by atoms with Crippen LogP contribution in [0.2, 0.25) is 0 Å². The Bertz CT molecular complexity index is 297. The van der Waals surface area contributed by atoms with E-state index in [0.29, 0.717) is 6.54 Å². The molecule has 0 atom stereocenters. The molecule has 0 saturated heterocycles. The Morgan fingerprint density at radius 1 is 1.38 bits per heavy atom. The van der Waals surface area contributed by atoms with Gasteiger partial charge in [0, 0.05) is 31.4 Å². The molecular formula is C12H22N4. The third kappa shape index (κ3) is 3.79. The predicted molar refractivity (Wildman–Crippen MR) is 68.4 cm³/mol. The van der Waals surface area contributed by atoms with Crippen LogP contribution in [0, 0.1) is 0 Å². The molecule has 0 spiro atoms. The maximum absolute atomic E-state index is 5.64. The summed E-state index contributed by atoms with van der Waals surface area (Å²) in [5.74, 6) is 0.914. The number of likely N-dealkylation sites (N-methyl/N-ethyl adjacent to an activating group) is 1. The van der Waals surface area contributed by atoms with Gasteiger partial charge in [-0.15, -0.1) is 0 Å². The first kappa shape index (κ1) is 12.9. The Kier molecular flexibility index (Phi) is 5.82. The van der Waals surface area contributed by atoms with Gasteiger partial charge in [0.1, 0.15) is 5.82 Å². The zero-order valence-electron chi connectivity index (χ0n) is 10.2. The zero-order chi connectivity index (χ0) is 11.8. The van der Waals surface area contributed by atoms with E-state index in [1.165, 1.54) is 0 Å². The van der Waals surface area contributed by atoms with Gasteiger partial charge in [-0.3, -0.25) is 0 Å². The van der Waals surface area contributed by atoms with Crippen molar-refractivity contribution in [1.82, 2.24) is 9.88 Å². The molecule has 0 aliphatic rings. The lowest BCUT2D eigenvalue weighted by molar-refractivity contribution is 0.316. The van der Waals surface area contributed by atoms with Gasteiger partial charge in [0.05, 0.1) is 0 Å². The molecule has 0 fully saturated rings. The topological polar surface area (TPSA) is 54.2 Å². The lowest BCUT2D eigenvalue weighted by Crippen LogP contribution is -2.29. The van der Waals surface area contributed by atoms with E-state index >= 15 is 0 Å². The molecule has 0 saturated carbocycles. The van der Waals surface area contributed by atoms with Gasteiger partial charge in [0.2, 0.25) is 0 Å². The van der Waals surface area contributed by atoms with Gasteiger partial charge in [0.25, 0.3) is 0 Å². The fourth-order valence-electron chi connectivity index (χ4n) is 1.63. The molecule has 0 bridgehead atoms. The minimum Gasteiger partial charge on any atom is -0.369 e. The number of anilines is 1. The summed E-state index contributed by atoms with van der Waals surface area (Å²) < 4.78 is 0. The van der Waals surface area contributed by atoms with Gasteiger partial charge < -0.3 is 16.0 Å². The molecule has 0 aliphatic carbocycles. The first-order chi connectivity index (χ1) is 7.81. The standard InChI is InChI=1S/C12H22N4/c1-3-16(4-2)9-8-15-12-11(10-13)6-5-7-14-12/h5-7H,3-4,8-10,13H2,1-2H3,(H,14,15). The van der Waals surface area contributed by atoms with Crippen LogP contribution in [0.3, 0.4) is 0 Å². The van der Waals surface area contributed by atoms with Crippen LogP contribution in [0.1, 0.15) is 19.4 Å². The Hall–Kier alpha value is -1.13. The van der Waals surface area contributed by atoms with E-state index in [-0.39, 0.29) is 0 Å². The van der Waals surface area contributed by atoms with Crippen molar-refractivity contribution in [2.45, 2.75) is 20.4 Å². The van der Waals surface area contributed by atoms with Crippen LogP contribution in [0.15, 0.2) is 18.3 Å². The summed E-state index contributed by atoms with van der Waals surface area (Å²) in [4.78, 5) is 6.66. The van der Waals surface area contributed by atoms with E-state index in [2.05, 4.69) is 29.0 Å². The fourth-order valence-corrected chi connectivity index (χ4v) is 1.63. The second kappa shape index (κ2) is 7.19. The molecule has 0 aromatic carbocycles. The highest BCUT2D eigenvalue weighted by molar-refractivity contribution is 5.43. The Morgan fingerprint density at radius 3 is 2.75 bits per heavy atom. The van der Waals surface area contributed by atoms with Crippen molar-refractivity contribution >= 4 is 5.82 Å². The number of pyridine rings is 1. The van der Waals surface area contributed by atoms with Crippen LogP contribution < -0.4 is 11.1 Å². The number of nitrogens with zero attached hydrogens (tertiary/aromatic N) is 2. The predicted octanol–water partition coefficient (Wildman–Crippen LogP) is 1.29. The molecule has 1 aromatic rings. The van der Waals surface area contributed by atoms with Crippen molar-refractivity contribution < 1.29 is 0 Å². The number of aromatic nitrogens is 1. The summed E-state index contributed by atoms with van der Waals surface area (Å²) in [5.41, 5.74) is 6.72. The van der Waals surface area contributed by atoms with Crippen molar-refractivity contribution in [3.63, 3.8) is 0 Å². The van der Waals surface area contributed by atoms with Gasteiger partial charge in [-0.05, 0) is 19.2 Å². The Morgan fingerprint density at radius 2 is 2.12 bits per heavy atom. The maximum Gasteiger partial charge on any atom is 0.130 e. The van der Waals surface area contributed by atoms with Gasteiger partial charge in [0.15, 0.2) is 0 Å². The minimum atomic E-state index is 0.529. The fraction of sp³-hybridized carbons (Fsp3) is 0.583. The molecular weight excluding hydrogens is 200 g/mol. The van der Waals surface area contributed by atoms with E-state index < -0.39 is 0 Å². The lowest BCUT2D eigenvalue weighted by atomic mass is 10.2. The molecule has 1 rings (SSSR count). The number of nitrogens with two attached hydrogens (primary N) is 1. The molecule has 0 radical (unpaired) electrons. The highest BCUT2D eigenvalue weighted by Crippen LogP contribution is 2.09. The quantitative estimate of drug-likeness (QED) is 0.730. The maximum atomic E-state index is 5.64. The highest BCUT2D eigenvalue weighted by Gasteiger charge is 2.02. The second-order valence-corrected chi connectivity index (χ2v) is 3.67. The molecule has 0 unspecified atom stereocenters. The smallest absolute Gasteiger partial charge is 0.130 e. The van der Waals surface area contributed by atoms with Crippen LogP contribution in [0.4, 0.5) is 5.82 Å². The third-order valence-corrected chi connectivity index (χ3v) is 2.73. The van der Waals surface area contributed by atoms with Crippen LogP contribution in [-0.4, -0.2) is 36.1 Å². The molecule has 4 heteroatoms. The van der Waals surface area contributed by atoms with Crippen LogP contribution >= 0.6 is 0 Å². The first-order valence-corrected chi connectivity index (χ1v) is 5.92. The van der Waals surface area contributed by atoms with Crippen LogP contribution in [0.5, 0.6) is 0 Å². The molecule has 1 heterocycles. The highest BCUT2D eigenvalue weighted by atomic mass is 15.1. The van der Waals surface area contributed by atoms with Crippen LogP contribution in [-0.2, 0) is 6.54 Å². The Labute approximate surface area is 97.9 Å². The molecule has 0 aliphatic heterocycles. The largest absolute Gasteiger partial charge is 0.369 e. The van der Waals surface area contributed by atoms with Gasteiger partial charge in [-0.2, -0.15) is 0 Å². The minimum absolute atomic E-state index is 0.529. The van der Waals surface area contributed by atoms with Crippen molar-refractivity contribution in [3.8, 4) is 0 Å². The normalized spacial score (nSPS) is 10.8. The van der Waals surface area contributed by atoms with Gasteiger partial charge in [-0.25, -0.2) is 4.98 Å². The number of nitrogens with one attached hydrogen (secondary N) is 1. The summed E-state index contributed by atoms with van der Waals surface area (Å²) >= 11 is 0. The summed E-state index contributed by atoms with van der Waals surface area (Å²) in [6.45, 7) is 9.00. The third-order valence-electron chi connectivity index (χ3n) is 2.73. The average Bonchev–Trinajstić information content (AvgIpc) is 2.35. The van der Waals surface area contributed by atoms with Gasteiger partial charge >= 0.3 is 0 Å².